The van der Waals surface area contributed by atoms with Gasteiger partial charge in [-0.05, 0) is 25.0 Å². The summed E-state index contributed by atoms with van der Waals surface area (Å²) in [5, 5.41) is 7.16. The third-order valence-electron chi connectivity index (χ3n) is 4.24. The third-order valence-corrected chi connectivity index (χ3v) is 5.43. The van der Waals surface area contributed by atoms with Gasteiger partial charge in [0.1, 0.15) is 10.7 Å². The molecule has 0 bridgehead atoms. The van der Waals surface area contributed by atoms with Gasteiger partial charge in [-0.15, -0.1) is 11.3 Å². The van der Waals surface area contributed by atoms with Gasteiger partial charge in [0.05, 0.1) is 16.8 Å². The lowest BCUT2D eigenvalue weighted by atomic mass is 10.1. The first kappa shape index (κ1) is 18.1. The standard InChI is InChI=1S/C19H17N5O3S/c1-10-15-17(25)21-11(2)22-19(15)28-16(10)18(26)20-9-14-23-13(24-27-14)8-12-6-4-3-5-7-12/h3-7H,8-9H2,1-2H3,(H,20,26)(H,21,22,25). The Labute approximate surface area is 163 Å². The molecule has 0 aliphatic rings. The summed E-state index contributed by atoms with van der Waals surface area (Å²) >= 11 is 1.19. The van der Waals surface area contributed by atoms with Gasteiger partial charge >= 0.3 is 0 Å². The highest BCUT2D eigenvalue weighted by atomic mass is 32.1. The van der Waals surface area contributed by atoms with Gasteiger partial charge in [-0.2, -0.15) is 4.98 Å². The van der Waals surface area contributed by atoms with E-state index in [1.165, 1.54) is 11.3 Å². The van der Waals surface area contributed by atoms with Gasteiger partial charge in [-0.25, -0.2) is 4.98 Å². The molecule has 1 aromatic carbocycles. The van der Waals surface area contributed by atoms with E-state index in [0.29, 0.717) is 44.6 Å². The molecule has 0 spiro atoms. The van der Waals surface area contributed by atoms with Crippen molar-refractivity contribution in [3.8, 4) is 0 Å². The van der Waals surface area contributed by atoms with Crippen LogP contribution in [0.1, 0.15) is 38.3 Å². The largest absolute Gasteiger partial charge is 0.342 e. The molecule has 0 aliphatic carbocycles. The first-order chi connectivity index (χ1) is 13.5. The Morgan fingerprint density at radius 2 is 2.00 bits per heavy atom. The van der Waals surface area contributed by atoms with Crippen LogP contribution < -0.4 is 10.9 Å². The van der Waals surface area contributed by atoms with Crippen LogP contribution >= 0.6 is 11.3 Å². The molecule has 0 fully saturated rings. The molecule has 8 nitrogen and oxygen atoms in total. The number of nitrogens with one attached hydrogen (secondary N) is 2. The molecule has 0 saturated carbocycles. The number of carbonyl (C=O) groups excluding carboxylic acids is 1. The number of aryl methyl sites for hydroxylation is 2. The number of hydrogen-bond donors (Lipinski definition) is 2. The zero-order chi connectivity index (χ0) is 19.7. The maximum Gasteiger partial charge on any atom is 0.262 e. The van der Waals surface area contributed by atoms with Crippen LogP contribution in [0.3, 0.4) is 0 Å². The van der Waals surface area contributed by atoms with E-state index in [4.69, 9.17) is 4.52 Å². The second-order valence-corrected chi connectivity index (χ2v) is 7.34. The summed E-state index contributed by atoms with van der Waals surface area (Å²) in [6.07, 6.45) is 0.557. The number of fused-ring (bicyclic) bond motifs is 1. The van der Waals surface area contributed by atoms with Gasteiger partial charge in [0, 0.05) is 6.42 Å². The average molecular weight is 395 g/mol. The van der Waals surface area contributed by atoms with E-state index in [2.05, 4.69) is 25.4 Å². The van der Waals surface area contributed by atoms with Crippen LogP contribution in [0.4, 0.5) is 0 Å². The minimum Gasteiger partial charge on any atom is -0.342 e. The second kappa shape index (κ2) is 7.35. The van der Waals surface area contributed by atoms with Gasteiger partial charge in [0.25, 0.3) is 11.5 Å². The third kappa shape index (κ3) is 3.56. The van der Waals surface area contributed by atoms with Gasteiger partial charge < -0.3 is 14.8 Å². The maximum atomic E-state index is 12.6. The molecule has 3 aromatic heterocycles. The number of amides is 1. The van der Waals surface area contributed by atoms with Crippen molar-refractivity contribution < 1.29 is 9.32 Å². The van der Waals surface area contributed by atoms with Crippen molar-refractivity contribution in [3.05, 3.63) is 74.2 Å². The molecule has 142 valence electrons. The minimum absolute atomic E-state index is 0.108. The minimum atomic E-state index is -0.305. The van der Waals surface area contributed by atoms with Gasteiger partial charge in [0.2, 0.25) is 5.89 Å². The molecular weight excluding hydrogens is 378 g/mol. The predicted molar refractivity (Wildman–Crippen MR) is 104 cm³/mol. The Bertz CT molecular complexity index is 1210. The number of rotatable bonds is 5. The normalized spacial score (nSPS) is 11.1. The van der Waals surface area contributed by atoms with E-state index in [1.807, 2.05) is 30.3 Å². The topological polar surface area (TPSA) is 114 Å². The molecule has 0 atom stereocenters. The molecule has 1 amide bonds. The Morgan fingerprint density at radius 1 is 1.21 bits per heavy atom. The van der Waals surface area contributed by atoms with Crippen molar-refractivity contribution in [2.45, 2.75) is 26.8 Å². The molecule has 28 heavy (non-hydrogen) atoms. The monoisotopic (exact) mass is 395 g/mol. The van der Waals surface area contributed by atoms with Crippen LogP contribution in [0.5, 0.6) is 0 Å². The number of carbonyl (C=O) groups is 1. The van der Waals surface area contributed by atoms with Crippen LogP contribution in [0.25, 0.3) is 10.2 Å². The van der Waals surface area contributed by atoms with E-state index < -0.39 is 0 Å². The lowest BCUT2D eigenvalue weighted by Gasteiger charge is -2.00. The van der Waals surface area contributed by atoms with E-state index in [0.717, 1.165) is 5.56 Å². The highest BCUT2D eigenvalue weighted by molar-refractivity contribution is 7.20. The Balaban J connectivity index is 1.46. The summed E-state index contributed by atoms with van der Waals surface area (Å²) in [5.74, 6) is 1.09. The number of hydrogen-bond acceptors (Lipinski definition) is 7. The fraction of sp³-hybridized carbons (Fsp3) is 0.211. The number of aromatic amines is 1. The van der Waals surface area contributed by atoms with Crippen LogP contribution in [-0.2, 0) is 13.0 Å². The van der Waals surface area contributed by atoms with Crippen molar-refractivity contribution in [2.24, 2.45) is 0 Å². The van der Waals surface area contributed by atoms with Gasteiger partial charge in [-0.3, -0.25) is 9.59 Å². The maximum absolute atomic E-state index is 12.6. The fourth-order valence-corrected chi connectivity index (χ4v) is 4.06. The van der Waals surface area contributed by atoms with Crippen LogP contribution in [0.2, 0.25) is 0 Å². The zero-order valence-corrected chi connectivity index (χ0v) is 16.1. The summed E-state index contributed by atoms with van der Waals surface area (Å²) < 4.78 is 5.21. The predicted octanol–water partition coefficient (Wildman–Crippen LogP) is 2.51. The Morgan fingerprint density at radius 3 is 2.79 bits per heavy atom. The first-order valence-corrected chi connectivity index (χ1v) is 9.46. The molecule has 0 unspecified atom stereocenters. The number of benzene rings is 1. The first-order valence-electron chi connectivity index (χ1n) is 8.65. The van der Waals surface area contributed by atoms with Crippen molar-refractivity contribution in [1.29, 1.82) is 0 Å². The average Bonchev–Trinajstić information content (AvgIpc) is 3.25. The molecule has 4 aromatic rings. The van der Waals surface area contributed by atoms with E-state index in [9.17, 15) is 9.59 Å². The summed E-state index contributed by atoms with van der Waals surface area (Å²) in [7, 11) is 0. The molecule has 2 N–H and O–H groups in total. The Kier molecular flexibility index (Phi) is 4.74. The second-order valence-electron chi connectivity index (χ2n) is 6.34. The molecule has 4 rings (SSSR count). The van der Waals surface area contributed by atoms with Crippen molar-refractivity contribution in [2.75, 3.05) is 0 Å². The summed E-state index contributed by atoms with van der Waals surface area (Å²) in [4.78, 5) is 37.0. The summed E-state index contributed by atoms with van der Waals surface area (Å²) in [6, 6.07) is 9.82. The van der Waals surface area contributed by atoms with Crippen LogP contribution in [0.15, 0.2) is 39.6 Å². The van der Waals surface area contributed by atoms with E-state index in [-0.39, 0.29) is 18.0 Å². The molecule has 0 saturated heterocycles. The lowest BCUT2D eigenvalue weighted by molar-refractivity contribution is 0.0950. The molecule has 3 heterocycles. The van der Waals surface area contributed by atoms with E-state index >= 15 is 0 Å². The highest BCUT2D eigenvalue weighted by Gasteiger charge is 2.19. The van der Waals surface area contributed by atoms with E-state index in [1.54, 1.807) is 13.8 Å². The number of H-pyrrole nitrogens is 1. The summed E-state index contributed by atoms with van der Waals surface area (Å²) in [5.41, 5.74) is 1.45. The smallest absolute Gasteiger partial charge is 0.262 e. The molecule has 0 aliphatic heterocycles. The van der Waals surface area contributed by atoms with Gasteiger partial charge in [-0.1, -0.05) is 35.5 Å². The fourth-order valence-electron chi connectivity index (χ4n) is 2.92. The van der Waals surface area contributed by atoms with Crippen molar-refractivity contribution in [3.63, 3.8) is 0 Å². The number of nitrogens with zero attached hydrogens (tertiary/aromatic N) is 3. The molecule has 9 heteroatoms. The van der Waals surface area contributed by atoms with Crippen LogP contribution in [-0.4, -0.2) is 26.0 Å². The summed E-state index contributed by atoms with van der Waals surface area (Å²) in [6.45, 7) is 3.56. The van der Waals surface area contributed by atoms with Crippen molar-refractivity contribution >= 4 is 27.5 Å². The molecular formula is C19H17N5O3S. The lowest BCUT2D eigenvalue weighted by Crippen LogP contribution is -2.22. The Hall–Kier alpha value is -3.33. The van der Waals surface area contributed by atoms with Crippen molar-refractivity contribution in [1.82, 2.24) is 25.4 Å². The van der Waals surface area contributed by atoms with Crippen LogP contribution in [0, 0.1) is 13.8 Å². The van der Waals surface area contributed by atoms with Gasteiger partial charge in [0.15, 0.2) is 5.82 Å². The highest BCUT2D eigenvalue weighted by Crippen LogP contribution is 2.26. The number of aromatic nitrogens is 4. The quantitative estimate of drug-likeness (QED) is 0.537. The SMILES string of the molecule is Cc1nc2sc(C(=O)NCc3nc(Cc4ccccc4)no3)c(C)c2c(=O)[nH]1. The number of thiophene rings is 1. The molecule has 0 radical (unpaired) electrons. The zero-order valence-electron chi connectivity index (χ0n) is 15.3.